The fourth-order valence-corrected chi connectivity index (χ4v) is 3.91. The number of hydrogen-bond donors (Lipinski definition) is 0. The van der Waals surface area contributed by atoms with Gasteiger partial charge in [0.15, 0.2) is 0 Å². The van der Waals surface area contributed by atoms with E-state index < -0.39 is 0 Å². The van der Waals surface area contributed by atoms with Crippen LogP contribution in [0.4, 0.5) is 4.79 Å². The summed E-state index contributed by atoms with van der Waals surface area (Å²) in [5.41, 5.74) is 3.97. The molecule has 2 aromatic rings. The molecule has 2 aliphatic heterocycles. The summed E-state index contributed by atoms with van der Waals surface area (Å²) in [5, 5.41) is 9.11. The Morgan fingerprint density at radius 2 is 2.00 bits per heavy atom. The smallest absolute Gasteiger partial charge is 0.410 e. The van der Waals surface area contributed by atoms with Crippen molar-refractivity contribution in [3.05, 3.63) is 77.4 Å². The van der Waals surface area contributed by atoms with Gasteiger partial charge in [0, 0.05) is 6.04 Å². The fraction of sp³-hybridized carbons (Fsp3) is 0.273. The van der Waals surface area contributed by atoms with Crippen LogP contribution in [0.5, 0.6) is 0 Å². The molecule has 1 saturated heterocycles. The zero-order valence-electron chi connectivity index (χ0n) is 14.5. The van der Waals surface area contributed by atoms with Crippen LogP contribution in [0.3, 0.4) is 0 Å². The van der Waals surface area contributed by atoms with Gasteiger partial charge >= 0.3 is 6.09 Å². The van der Waals surface area contributed by atoms with E-state index in [4.69, 9.17) is 10.00 Å². The molecule has 4 rings (SSSR count). The Morgan fingerprint density at radius 3 is 2.77 bits per heavy atom. The SMILES string of the molecule is N#Cc1cccc(C2=CC3CCC(C2)N3C(=O)OCc2ccccc2)c1. The molecule has 26 heavy (non-hydrogen) atoms. The molecule has 1 amide bonds. The lowest BCUT2D eigenvalue weighted by Gasteiger charge is -2.33. The Hall–Kier alpha value is -3.06. The van der Waals surface area contributed by atoms with Gasteiger partial charge in [-0.3, -0.25) is 4.90 Å². The third kappa shape index (κ3) is 3.21. The van der Waals surface area contributed by atoms with E-state index in [1.165, 1.54) is 5.57 Å². The third-order valence-corrected chi connectivity index (χ3v) is 5.17. The molecule has 2 atom stereocenters. The van der Waals surface area contributed by atoms with E-state index in [1.54, 1.807) is 0 Å². The van der Waals surface area contributed by atoms with Crippen LogP contribution < -0.4 is 0 Å². The van der Waals surface area contributed by atoms with E-state index in [0.717, 1.165) is 30.4 Å². The molecular formula is C22H20N2O2. The highest BCUT2D eigenvalue weighted by molar-refractivity contribution is 5.75. The van der Waals surface area contributed by atoms with Gasteiger partial charge < -0.3 is 4.74 Å². The predicted octanol–water partition coefficient (Wildman–Crippen LogP) is 4.52. The summed E-state index contributed by atoms with van der Waals surface area (Å²) in [5.74, 6) is 0. The Morgan fingerprint density at radius 1 is 1.15 bits per heavy atom. The molecule has 0 aromatic heterocycles. The van der Waals surface area contributed by atoms with Crippen LogP contribution in [-0.2, 0) is 11.3 Å². The van der Waals surface area contributed by atoms with Crippen LogP contribution in [0, 0.1) is 11.3 Å². The Balaban J connectivity index is 1.48. The highest BCUT2D eigenvalue weighted by Crippen LogP contribution is 2.39. The summed E-state index contributed by atoms with van der Waals surface area (Å²) in [6.45, 7) is 0.302. The topological polar surface area (TPSA) is 53.3 Å². The van der Waals surface area contributed by atoms with E-state index in [0.29, 0.717) is 12.2 Å². The maximum atomic E-state index is 12.6. The van der Waals surface area contributed by atoms with Gasteiger partial charge in [-0.2, -0.15) is 5.26 Å². The molecule has 0 aliphatic carbocycles. The lowest BCUT2D eigenvalue weighted by Crippen LogP contribution is -2.43. The monoisotopic (exact) mass is 344 g/mol. The number of fused-ring (bicyclic) bond motifs is 2. The van der Waals surface area contributed by atoms with Crippen molar-refractivity contribution in [1.82, 2.24) is 4.90 Å². The van der Waals surface area contributed by atoms with Gasteiger partial charge in [0.05, 0.1) is 17.7 Å². The Kier molecular flexibility index (Phi) is 4.45. The van der Waals surface area contributed by atoms with E-state index in [-0.39, 0.29) is 18.2 Å². The van der Waals surface area contributed by atoms with E-state index in [2.05, 4.69) is 12.1 Å². The summed E-state index contributed by atoms with van der Waals surface area (Å²) in [6, 6.07) is 19.9. The van der Waals surface area contributed by atoms with Gasteiger partial charge in [-0.15, -0.1) is 0 Å². The summed E-state index contributed by atoms with van der Waals surface area (Å²) in [4.78, 5) is 14.5. The van der Waals surface area contributed by atoms with Crippen molar-refractivity contribution in [3.8, 4) is 6.07 Å². The molecule has 2 bridgehead atoms. The van der Waals surface area contributed by atoms with Crippen molar-refractivity contribution in [3.63, 3.8) is 0 Å². The van der Waals surface area contributed by atoms with Crippen molar-refractivity contribution < 1.29 is 9.53 Å². The first-order chi connectivity index (χ1) is 12.7. The van der Waals surface area contributed by atoms with Gasteiger partial charge in [-0.1, -0.05) is 48.5 Å². The van der Waals surface area contributed by atoms with Gasteiger partial charge in [0.2, 0.25) is 0 Å². The predicted molar refractivity (Wildman–Crippen MR) is 99.0 cm³/mol. The lowest BCUT2D eigenvalue weighted by atomic mass is 9.94. The average molecular weight is 344 g/mol. The second-order valence-electron chi connectivity index (χ2n) is 6.83. The zero-order chi connectivity index (χ0) is 17.9. The first-order valence-electron chi connectivity index (χ1n) is 8.95. The quantitative estimate of drug-likeness (QED) is 0.823. The molecule has 2 aliphatic rings. The second kappa shape index (κ2) is 7.05. The largest absolute Gasteiger partial charge is 0.445 e. The maximum absolute atomic E-state index is 12.6. The zero-order valence-corrected chi connectivity index (χ0v) is 14.5. The molecule has 0 radical (unpaired) electrons. The van der Waals surface area contributed by atoms with Gasteiger partial charge in [0.25, 0.3) is 0 Å². The summed E-state index contributed by atoms with van der Waals surface area (Å²) < 4.78 is 5.54. The molecule has 0 saturated carbocycles. The molecule has 4 nitrogen and oxygen atoms in total. The first kappa shape index (κ1) is 16.4. The van der Waals surface area contributed by atoms with Crippen molar-refractivity contribution >= 4 is 11.7 Å². The number of hydrogen-bond acceptors (Lipinski definition) is 3. The second-order valence-corrected chi connectivity index (χ2v) is 6.83. The molecule has 1 fully saturated rings. The molecule has 0 spiro atoms. The van der Waals surface area contributed by atoms with Crippen LogP contribution >= 0.6 is 0 Å². The third-order valence-electron chi connectivity index (χ3n) is 5.17. The molecule has 2 heterocycles. The molecule has 2 unspecified atom stereocenters. The minimum atomic E-state index is -0.234. The van der Waals surface area contributed by atoms with Crippen molar-refractivity contribution in [2.24, 2.45) is 0 Å². The Bertz CT molecular complexity index is 883. The van der Waals surface area contributed by atoms with Crippen molar-refractivity contribution in [2.45, 2.75) is 38.0 Å². The molecule has 0 N–H and O–H groups in total. The number of rotatable bonds is 3. The summed E-state index contributed by atoms with van der Waals surface area (Å²) in [7, 11) is 0. The summed E-state index contributed by atoms with van der Waals surface area (Å²) >= 11 is 0. The fourth-order valence-electron chi connectivity index (χ4n) is 3.91. The molecule has 130 valence electrons. The lowest BCUT2D eigenvalue weighted by molar-refractivity contribution is 0.0832. The van der Waals surface area contributed by atoms with Gasteiger partial charge in [-0.25, -0.2) is 4.79 Å². The van der Waals surface area contributed by atoms with Crippen molar-refractivity contribution in [2.75, 3.05) is 0 Å². The summed E-state index contributed by atoms with van der Waals surface area (Å²) in [6.07, 6.45) is 4.70. The molecule has 2 aromatic carbocycles. The highest BCUT2D eigenvalue weighted by atomic mass is 16.6. The van der Waals surface area contributed by atoms with Crippen LogP contribution in [0.25, 0.3) is 5.57 Å². The van der Waals surface area contributed by atoms with Crippen molar-refractivity contribution in [1.29, 1.82) is 5.26 Å². The normalized spacial score (nSPS) is 21.0. The van der Waals surface area contributed by atoms with Crippen LogP contribution in [0.15, 0.2) is 60.7 Å². The number of ether oxygens (including phenoxy) is 1. The highest BCUT2D eigenvalue weighted by Gasteiger charge is 2.40. The minimum absolute atomic E-state index is 0.0813. The number of benzene rings is 2. The maximum Gasteiger partial charge on any atom is 0.410 e. The number of amides is 1. The number of nitrogens with zero attached hydrogens (tertiary/aromatic N) is 2. The van der Waals surface area contributed by atoms with E-state index >= 15 is 0 Å². The average Bonchev–Trinajstić information content (AvgIpc) is 2.96. The number of carbonyl (C=O) groups excluding carboxylic acids is 1. The van der Waals surface area contributed by atoms with E-state index in [9.17, 15) is 4.79 Å². The first-order valence-corrected chi connectivity index (χ1v) is 8.95. The van der Waals surface area contributed by atoms with Crippen LogP contribution in [-0.4, -0.2) is 23.1 Å². The minimum Gasteiger partial charge on any atom is -0.445 e. The van der Waals surface area contributed by atoms with Gasteiger partial charge in [0.1, 0.15) is 6.61 Å². The number of carbonyl (C=O) groups is 1. The molecule has 4 heteroatoms. The molecular weight excluding hydrogens is 324 g/mol. The standard InChI is InChI=1S/C22H20N2O2/c23-14-17-7-4-8-18(11-17)19-12-20-9-10-21(13-19)24(20)22(25)26-15-16-5-2-1-3-6-16/h1-8,11-12,20-21H,9-10,13,15H2. The van der Waals surface area contributed by atoms with Crippen LogP contribution in [0.1, 0.15) is 36.0 Å². The van der Waals surface area contributed by atoms with E-state index in [1.807, 2.05) is 59.5 Å². The van der Waals surface area contributed by atoms with Gasteiger partial charge in [-0.05, 0) is 48.1 Å². The Labute approximate surface area is 153 Å². The van der Waals surface area contributed by atoms with Crippen LogP contribution in [0.2, 0.25) is 0 Å². The number of nitriles is 1.